The summed E-state index contributed by atoms with van der Waals surface area (Å²) >= 11 is 0. The normalized spacial score (nSPS) is 18.6. The molecule has 1 rings (SSSR count). The van der Waals surface area contributed by atoms with Crippen molar-refractivity contribution in [2.45, 2.75) is 103 Å². The van der Waals surface area contributed by atoms with Crippen molar-refractivity contribution in [3.05, 3.63) is 11.6 Å². The Morgan fingerprint density at radius 3 is 2.25 bits per heavy atom. The molecule has 1 heterocycles. The lowest BCUT2D eigenvalue weighted by Gasteiger charge is -2.36. The molecule has 162 valence electrons. The molecule has 0 bridgehead atoms. The summed E-state index contributed by atoms with van der Waals surface area (Å²) in [7, 11) is -1.64. The number of aliphatic hydroxyl groups is 1. The highest BCUT2D eigenvalue weighted by Gasteiger charge is 2.36. The van der Waals surface area contributed by atoms with E-state index in [0.717, 1.165) is 45.1 Å². The number of hydrogen-bond acceptors (Lipinski definition) is 6. The number of unbranched alkanes of at least 4 members (excludes halogenated alkanes) is 5. The Morgan fingerprint density at radius 2 is 1.75 bits per heavy atom. The van der Waals surface area contributed by atoms with Crippen LogP contribution in [0.1, 0.15) is 72.6 Å². The van der Waals surface area contributed by atoms with Crippen LogP contribution in [0.5, 0.6) is 0 Å². The van der Waals surface area contributed by atoms with E-state index in [2.05, 4.69) is 38.6 Å². The molecule has 0 aromatic carbocycles. The number of hydrogen-bond donors (Lipinski definition) is 1. The Balaban J connectivity index is 2.20. The maximum Gasteiger partial charge on any atom is 0.333 e. The van der Waals surface area contributed by atoms with Gasteiger partial charge in [-0.15, -0.1) is 0 Å². The van der Waals surface area contributed by atoms with E-state index >= 15 is 0 Å². The molecular formula is C21H38O6Si. The van der Waals surface area contributed by atoms with Crippen molar-refractivity contribution in [2.75, 3.05) is 6.61 Å². The zero-order valence-electron chi connectivity index (χ0n) is 18.4. The molecule has 1 aliphatic heterocycles. The summed E-state index contributed by atoms with van der Waals surface area (Å²) < 4.78 is 16.1. The Hall–Kier alpha value is -1.18. The maximum absolute atomic E-state index is 11.3. The predicted molar refractivity (Wildman–Crippen MR) is 111 cm³/mol. The highest BCUT2D eigenvalue weighted by molar-refractivity contribution is 6.74. The Morgan fingerprint density at radius 1 is 1.18 bits per heavy atom. The Bertz CT molecular complexity index is 550. The Labute approximate surface area is 170 Å². The van der Waals surface area contributed by atoms with Crippen LogP contribution in [0.15, 0.2) is 11.6 Å². The molecular weight excluding hydrogens is 376 g/mol. The molecule has 0 aromatic heterocycles. The van der Waals surface area contributed by atoms with Gasteiger partial charge >= 0.3 is 11.9 Å². The monoisotopic (exact) mass is 414 g/mol. The number of cyclic esters (lactones) is 1. The molecule has 6 nitrogen and oxygen atoms in total. The zero-order valence-corrected chi connectivity index (χ0v) is 19.4. The second-order valence-electron chi connectivity index (χ2n) is 9.05. The SMILES string of the molecule is CC(=O)OC(CCCCCCCCO[Si](C)(C)C(C)(C)C)C1=CC(=O)OC1O. The molecule has 28 heavy (non-hydrogen) atoms. The molecule has 0 spiro atoms. The van der Waals surface area contributed by atoms with Gasteiger partial charge in [0.15, 0.2) is 8.32 Å². The summed E-state index contributed by atoms with van der Waals surface area (Å²) in [5, 5.41) is 10.0. The lowest BCUT2D eigenvalue weighted by molar-refractivity contribution is -0.153. The third-order valence-electron chi connectivity index (χ3n) is 5.61. The van der Waals surface area contributed by atoms with Gasteiger partial charge in [0.1, 0.15) is 6.10 Å². The van der Waals surface area contributed by atoms with E-state index in [1.807, 2.05) is 0 Å². The van der Waals surface area contributed by atoms with Crippen LogP contribution in [0.3, 0.4) is 0 Å². The van der Waals surface area contributed by atoms with Crippen molar-refractivity contribution in [1.82, 2.24) is 0 Å². The van der Waals surface area contributed by atoms with Gasteiger partial charge in [0, 0.05) is 25.2 Å². The van der Waals surface area contributed by atoms with Crippen LogP contribution in [-0.4, -0.2) is 44.4 Å². The number of esters is 2. The van der Waals surface area contributed by atoms with E-state index in [9.17, 15) is 14.7 Å². The average molecular weight is 415 g/mol. The minimum atomic E-state index is -1.64. The number of ether oxygens (including phenoxy) is 2. The van der Waals surface area contributed by atoms with Crippen molar-refractivity contribution in [2.24, 2.45) is 0 Å². The quantitative estimate of drug-likeness (QED) is 0.288. The van der Waals surface area contributed by atoms with Gasteiger partial charge in [0.2, 0.25) is 6.29 Å². The van der Waals surface area contributed by atoms with Crippen LogP contribution < -0.4 is 0 Å². The second-order valence-corrected chi connectivity index (χ2v) is 13.9. The van der Waals surface area contributed by atoms with Gasteiger partial charge < -0.3 is 19.0 Å². The number of rotatable bonds is 12. The van der Waals surface area contributed by atoms with Crippen LogP contribution in [-0.2, 0) is 23.5 Å². The van der Waals surface area contributed by atoms with E-state index in [-0.39, 0.29) is 5.04 Å². The summed E-state index contributed by atoms with van der Waals surface area (Å²) in [4.78, 5) is 22.6. The van der Waals surface area contributed by atoms with Gasteiger partial charge in [0.25, 0.3) is 0 Å². The molecule has 2 unspecified atom stereocenters. The first-order valence-electron chi connectivity index (χ1n) is 10.4. The fourth-order valence-electron chi connectivity index (χ4n) is 2.85. The van der Waals surface area contributed by atoms with Gasteiger partial charge in [-0.1, -0.05) is 46.5 Å². The molecule has 0 radical (unpaired) electrons. The van der Waals surface area contributed by atoms with Gasteiger partial charge in [0.05, 0.1) is 0 Å². The summed E-state index contributed by atoms with van der Waals surface area (Å²) in [6, 6.07) is 0. The lowest BCUT2D eigenvalue weighted by atomic mass is 10.0. The van der Waals surface area contributed by atoms with Crippen molar-refractivity contribution in [3.8, 4) is 0 Å². The minimum Gasteiger partial charge on any atom is -0.458 e. The van der Waals surface area contributed by atoms with Gasteiger partial charge in [-0.3, -0.25) is 4.79 Å². The fraction of sp³-hybridized carbons (Fsp3) is 0.810. The van der Waals surface area contributed by atoms with E-state index in [1.165, 1.54) is 13.0 Å². The molecule has 1 aliphatic rings. The van der Waals surface area contributed by atoms with E-state index < -0.39 is 32.6 Å². The summed E-state index contributed by atoms with van der Waals surface area (Å²) in [6.45, 7) is 13.5. The molecule has 1 N–H and O–H groups in total. The standard InChI is InChI=1S/C21H38O6Si/c1-16(22)26-18(17-15-19(23)27-20(17)24)13-11-9-7-8-10-12-14-25-28(5,6)21(2,3)4/h15,18,20,24H,7-14H2,1-6H3. The molecule has 0 aromatic rings. The molecule has 2 atom stereocenters. The van der Waals surface area contributed by atoms with Gasteiger partial charge in [-0.2, -0.15) is 0 Å². The maximum atomic E-state index is 11.3. The third-order valence-corrected chi connectivity index (χ3v) is 10.1. The van der Waals surface area contributed by atoms with Crippen LogP contribution in [0.2, 0.25) is 18.1 Å². The van der Waals surface area contributed by atoms with Gasteiger partial charge in [-0.25, -0.2) is 4.79 Å². The van der Waals surface area contributed by atoms with Crippen LogP contribution in [0, 0.1) is 0 Å². The third kappa shape index (κ3) is 8.45. The zero-order chi connectivity index (χ0) is 21.4. The van der Waals surface area contributed by atoms with Crippen molar-refractivity contribution >= 4 is 20.3 Å². The predicted octanol–water partition coefficient (Wildman–Crippen LogP) is 4.47. The van der Waals surface area contributed by atoms with E-state index in [4.69, 9.17) is 9.16 Å². The van der Waals surface area contributed by atoms with E-state index in [1.54, 1.807) is 0 Å². The second kappa shape index (κ2) is 11.1. The topological polar surface area (TPSA) is 82.1 Å². The fourth-order valence-corrected chi connectivity index (χ4v) is 3.94. The largest absolute Gasteiger partial charge is 0.458 e. The lowest BCUT2D eigenvalue weighted by Crippen LogP contribution is -2.40. The van der Waals surface area contributed by atoms with Gasteiger partial charge in [-0.05, 0) is 37.4 Å². The highest BCUT2D eigenvalue weighted by Crippen LogP contribution is 2.36. The van der Waals surface area contributed by atoms with Crippen LogP contribution in [0.25, 0.3) is 0 Å². The molecule has 0 amide bonds. The summed E-state index contributed by atoms with van der Waals surface area (Å²) in [5.74, 6) is -1.03. The van der Waals surface area contributed by atoms with E-state index in [0.29, 0.717) is 12.0 Å². The first kappa shape index (κ1) is 24.9. The number of carbonyl (C=O) groups excluding carboxylic acids is 2. The van der Waals surface area contributed by atoms with Crippen molar-refractivity contribution in [1.29, 1.82) is 0 Å². The first-order valence-corrected chi connectivity index (χ1v) is 13.3. The van der Waals surface area contributed by atoms with Crippen molar-refractivity contribution in [3.63, 3.8) is 0 Å². The molecule has 0 aliphatic carbocycles. The van der Waals surface area contributed by atoms with Crippen molar-refractivity contribution < 1.29 is 28.6 Å². The van der Waals surface area contributed by atoms with Crippen LogP contribution >= 0.6 is 0 Å². The molecule has 7 heteroatoms. The molecule has 0 saturated heterocycles. The molecule has 0 saturated carbocycles. The number of aliphatic hydroxyl groups excluding tert-OH is 1. The summed E-state index contributed by atoms with van der Waals surface area (Å²) in [6.07, 6.45) is 6.24. The Kier molecular flexibility index (Phi) is 9.87. The first-order chi connectivity index (χ1) is 12.9. The summed E-state index contributed by atoms with van der Waals surface area (Å²) in [5.41, 5.74) is 0.336. The average Bonchev–Trinajstić information content (AvgIpc) is 2.89. The smallest absolute Gasteiger partial charge is 0.333 e. The van der Waals surface area contributed by atoms with Crippen LogP contribution in [0.4, 0.5) is 0 Å². The highest BCUT2D eigenvalue weighted by atomic mass is 28.4. The number of carbonyl (C=O) groups is 2. The molecule has 0 fully saturated rings. The minimum absolute atomic E-state index is 0.253.